The van der Waals surface area contributed by atoms with E-state index in [0.717, 1.165) is 99.8 Å². The van der Waals surface area contributed by atoms with Crippen LogP contribution >= 0.6 is 0 Å². The van der Waals surface area contributed by atoms with Crippen LogP contribution in [-0.4, -0.2) is 19.1 Å². The first-order valence-electron chi connectivity index (χ1n) is 23.2. The van der Waals surface area contributed by atoms with Crippen molar-refractivity contribution in [2.24, 2.45) is 0 Å². The van der Waals surface area contributed by atoms with Gasteiger partial charge in [-0.1, -0.05) is 179 Å². The summed E-state index contributed by atoms with van der Waals surface area (Å²) in [4.78, 5) is 16.1. The third-order valence-corrected chi connectivity index (χ3v) is 13.8. The first-order valence-corrected chi connectivity index (χ1v) is 23.2. The van der Waals surface area contributed by atoms with Crippen LogP contribution in [0.5, 0.6) is 0 Å². The molecule has 8 aromatic carbocycles. The minimum atomic E-state index is -0.229. The summed E-state index contributed by atoms with van der Waals surface area (Å²) >= 11 is 0. The van der Waals surface area contributed by atoms with Crippen LogP contribution in [0, 0.1) is 13.0 Å². The van der Waals surface area contributed by atoms with Crippen molar-refractivity contribution in [1.29, 1.82) is 0 Å². The number of hydrogen-bond acceptors (Lipinski definition) is 2. The zero-order chi connectivity index (χ0) is 45.6. The second-order valence-corrected chi connectivity index (χ2v) is 19.5. The Balaban J connectivity index is 0.00000507. The summed E-state index contributed by atoms with van der Waals surface area (Å²) in [5.74, 6) is 0.838. The molecule has 5 nitrogen and oxygen atoms in total. The van der Waals surface area contributed by atoms with Gasteiger partial charge in [-0.3, -0.25) is 4.57 Å². The molecule has 0 radical (unpaired) electrons. The molecule has 0 aliphatic carbocycles. The maximum absolute atomic E-state index is 5.71. The summed E-state index contributed by atoms with van der Waals surface area (Å²) in [7, 11) is 0. The first kappa shape index (κ1) is 43.3. The van der Waals surface area contributed by atoms with Gasteiger partial charge >= 0.3 is 21.1 Å². The second kappa shape index (κ2) is 16.5. The molecule has 0 N–H and O–H groups in total. The Morgan fingerprint density at radius 2 is 1.26 bits per heavy atom. The molecule has 0 spiro atoms. The van der Waals surface area contributed by atoms with E-state index in [1.807, 2.05) is 12.3 Å². The van der Waals surface area contributed by atoms with Gasteiger partial charge in [-0.2, -0.15) is 0 Å². The van der Waals surface area contributed by atoms with Crippen molar-refractivity contribution >= 4 is 54.8 Å². The third-order valence-electron chi connectivity index (χ3n) is 13.8. The fraction of sp³-hybridized carbons (Fsp3) is 0.129. The van der Waals surface area contributed by atoms with Crippen molar-refractivity contribution in [3.05, 3.63) is 217 Å². The van der Waals surface area contributed by atoms with Gasteiger partial charge in [0.25, 0.3) is 0 Å². The fourth-order valence-electron chi connectivity index (χ4n) is 10.1. The number of pyridine rings is 1. The van der Waals surface area contributed by atoms with Crippen LogP contribution in [0.3, 0.4) is 0 Å². The molecule has 0 unspecified atom stereocenters. The largest absolute Gasteiger partial charge is 2.00 e. The standard InChI is InChI=1S/C62H49N5.Pt/c1-39-28-31-54-53(33-39)50-24-14-25-52(57(50)64-54)60-65-58-48(23-15-27-55(58)66(60)46-22-13-19-41(35-46)40-17-9-7-10-18-40)42-34-45(61(2,3)4)37-47(36-42)67-56-38-44(62(5,6)43-20-11-8-12-21-43)29-30-49(56)51-26-16-32-63-59(51)67;/h7-35,37-38H,1-6H3;/q-2;+2. The Morgan fingerprint density at radius 1 is 0.529 bits per heavy atom. The van der Waals surface area contributed by atoms with Crippen LogP contribution in [-0.2, 0) is 31.9 Å². The first-order chi connectivity index (χ1) is 32.5. The predicted molar refractivity (Wildman–Crippen MR) is 279 cm³/mol. The molecule has 4 heterocycles. The number of aromatic nitrogens is 5. The average Bonchev–Trinajstić information content (AvgIpc) is 4.04. The Labute approximate surface area is 411 Å². The molecule has 0 amide bonds. The number of fused-ring (bicyclic) bond motifs is 7. The monoisotopic (exact) mass is 1060 g/mol. The van der Waals surface area contributed by atoms with Crippen molar-refractivity contribution in [1.82, 2.24) is 24.1 Å². The molecule has 0 bridgehead atoms. The van der Waals surface area contributed by atoms with E-state index < -0.39 is 0 Å². The Morgan fingerprint density at radius 3 is 2.07 bits per heavy atom. The average molecular weight is 1060 g/mol. The van der Waals surface area contributed by atoms with Gasteiger partial charge in [-0.15, -0.1) is 40.4 Å². The van der Waals surface area contributed by atoms with Gasteiger partial charge in [-0.05, 0) is 87.5 Å². The van der Waals surface area contributed by atoms with Gasteiger partial charge in [0.2, 0.25) is 0 Å². The minimum Gasteiger partial charge on any atom is -0.656 e. The van der Waals surface area contributed by atoms with Crippen LogP contribution in [0.15, 0.2) is 188 Å². The summed E-state index contributed by atoms with van der Waals surface area (Å²) in [6.45, 7) is 13.6. The van der Waals surface area contributed by atoms with Crippen molar-refractivity contribution in [2.75, 3.05) is 0 Å². The number of imidazole rings is 1. The van der Waals surface area contributed by atoms with Gasteiger partial charge in [0.1, 0.15) is 11.5 Å². The molecule has 6 heteroatoms. The molecule has 12 aromatic rings. The van der Waals surface area contributed by atoms with Gasteiger partial charge in [0.05, 0.1) is 16.6 Å². The maximum atomic E-state index is 5.71. The summed E-state index contributed by atoms with van der Waals surface area (Å²) in [5.41, 5.74) is 17.6. The van der Waals surface area contributed by atoms with Crippen LogP contribution in [0.1, 0.15) is 56.9 Å². The van der Waals surface area contributed by atoms with E-state index in [2.05, 4.69) is 233 Å². The number of rotatable bonds is 7. The summed E-state index contributed by atoms with van der Waals surface area (Å²) in [6.07, 6.45) is 1.90. The van der Waals surface area contributed by atoms with E-state index in [4.69, 9.17) is 15.0 Å². The Hall–Kier alpha value is -7.33. The second-order valence-electron chi connectivity index (χ2n) is 19.5. The van der Waals surface area contributed by atoms with Crippen LogP contribution in [0.25, 0.3) is 99.8 Å². The topological polar surface area (TPSA) is 49.7 Å². The van der Waals surface area contributed by atoms with Gasteiger partial charge < -0.3 is 9.55 Å². The quantitative estimate of drug-likeness (QED) is 0.149. The maximum Gasteiger partial charge on any atom is 2.00 e. The molecule has 0 saturated heterocycles. The van der Waals surface area contributed by atoms with Crippen molar-refractivity contribution in [3.8, 4) is 45.0 Å². The zero-order valence-corrected chi connectivity index (χ0v) is 41.2. The number of para-hydroxylation sites is 2. The molecule has 332 valence electrons. The minimum absolute atomic E-state index is 0. The van der Waals surface area contributed by atoms with Crippen LogP contribution in [0.2, 0.25) is 0 Å². The van der Waals surface area contributed by atoms with Crippen molar-refractivity contribution in [3.63, 3.8) is 0 Å². The summed E-state index contributed by atoms with van der Waals surface area (Å²) in [5, 5.41) is 4.55. The van der Waals surface area contributed by atoms with Gasteiger partial charge in [0.15, 0.2) is 0 Å². The smallest absolute Gasteiger partial charge is 0.656 e. The predicted octanol–water partition coefficient (Wildman–Crippen LogP) is 15.5. The Bertz CT molecular complexity index is 3880. The normalized spacial score (nSPS) is 12.1. The van der Waals surface area contributed by atoms with E-state index in [9.17, 15) is 0 Å². The molecular formula is C62H49N5Pt. The van der Waals surface area contributed by atoms with Gasteiger partial charge in [0, 0.05) is 33.6 Å². The van der Waals surface area contributed by atoms with E-state index in [1.54, 1.807) is 0 Å². The molecule has 4 aromatic heterocycles. The third kappa shape index (κ3) is 7.11. The number of aryl methyl sites for hydroxylation is 1. The summed E-state index contributed by atoms with van der Waals surface area (Å²) < 4.78 is 4.65. The Kier molecular flexibility index (Phi) is 10.5. The van der Waals surface area contributed by atoms with Gasteiger partial charge in [-0.25, -0.2) is 9.97 Å². The molecule has 68 heavy (non-hydrogen) atoms. The number of nitrogens with zero attached hydrogens (tertiary/aromatic N) is 5. The molecular weight excluding hydrogens is 1010 g/mol. The molecule has 0 atom stereocenters. The number of hydrogen-bond donors (Lipinski definition) is 0. The van der Waals surface area contributed by atoms with E-state index >= 15 is 0 Å². The molecule has 0 fully saturated rings. The zero-order valence-electron chi connectivity index (χ0n) is 39.0. The van der Waals surface area contributed by atoms with Crippen LogP contribution in [0.4, 0.5) is 0 Å². The number of benzene rings is 8. The molecule has 0 aliphatic heterocycles. The molecule has 0 aliphatic rings. The molecule has 12 rings (SSSR count). The van der Waals surface area contributed by atoms with E-state index in [0.29, 0.717) is 0 Å². The van der Waals surface area contributed by atoms with E-state index in [1.165, 1.54) is 22.3 Å². The SMILES string of the molecule is Cc1ccc2[n-]c3c(-c4nc5c(-c6[c-]c(-n7c8cc(C(C)(C)c9ccccc9)ccc8c8cccnc87)cc(C(C)(C)C)c6)cccc5n4-c4cccc(-c5ccccc5)c4)cccc3c2c1.[Pt+2]. The fourth-order valence-corrected chi connectivity index (χ4v) is 10.1. The molecule has 0 saturated carbocycles. The van der Waals surface area contributed by atoms with E-state index in [-0.39, 0.29) is 31.9 Å². The van der Waals surface area contributed by atoms with Crippen molar-refractivity contribution < 1.29 is 21.1 Å². The summed E-state index contributed by atoms with van der Waals surface area (Å²) in [6, 6.07) is 69.5. The van der Waals surface area contributed by atoms with Crippen LogP contribution < -0.4 is 4.98 Å². The van der Waals surface area contributed by atoms with Crippen molar-refractivity contribution in [2.45, 2.75) is 52.4 Å².